The van der Waals surface area contributed by atoms with Crippen LogP contribution in [-0.4, -0.2) is 36.2 Å². The summed E-state index contributed by atoms with van der Waals surface area (Å²) in [7, 11) is 0. The molecule has 2 heterocycles. The number of ether oxygens (including phenoxy) is 1. The van der Waals surface area contributed by atoms with Gasteiger partial charge in [0.1, 0.15) is 0 Å². The Morgan fingerprint density at radius 3 is 2.91 bits per heavy atom. The third kappa shape index (κ3) is 4.30. The first-order valence-corrected chi connectivity index (χ1v) is 8.91. The van der Waals surface area contributed by atoms with Crippen molar-refractivity contribution in [2.24, 2.45) is 11.3 Å². The molecule has 3 rings (SSSR count). The minimum absolute atomic E-state index is 0.400. The minimum atomic E-state index is 0.400. The third-order valence-corrected chi connectivity index (χ3v) is 5.29. The predicted octanol–water partition coefficient (Wildman–Crippen LogP) is 3.81. The van der Waals surface area contributed by atoms with Gasteiger partial charge in [-0.3, -0.25) is 9.88 Å². The van der Waals surface area contributed by atoms with Crippen molar-refractivity contribution in [3.8, 4) is 0 Å². The number of likely N-dealkylation sites (tertiary alicyclic amines) is 1. The summed E-state index contributed by atoms with van der Waals surface area (Å²) in [6.07, 6.45) is 9.00. The molecule has 122 valence electrons. The first-order chi connectivity index (χ1) is 10.7. The zero-order valence-corrected chi connectivity index (χ0v) is 14.2. The van der Waals surface area contributed by atoms with E-state index < -0.39 is 0 Å². The van der Waals surface area contributed by atoms with E-state index in [2.05, 4.69) is 28.9 Å². The molecule has 1 saturated heterocycles. The molecule has 1 aliphatic heterocycles. The Labute approximate surface area is 135 Å². The highest BCUT2D eigenvalue weighted by Gasteiger charge is 2.39. The first kappa shape index (κ1) is 15.9. The van der Waals surface area contributed by atoms with Gasteiger partial charge in [-0.2, -0.15) is 0 Å². The molecule has 0 aromatic carbocycles. The third-order valence-electron chi connectivity index (χ3n) is 5.29. The number of pyridine rings is 1. The lowest BCUT2D eigenvalue weighted by Crippen LogP contribution is -2.31. The molecule has 0 N–H and O–H groups in total. The maximum Gasteiger partial charge on any atom is 0.0535 e. The van der Waals surface area contributed by atoms with Gasteiger partial charge < -0.3 is 4.74 Å². The second-order valence-electron chi connectivity index (χ2n) is 7.39. The molecule has 0 bridgehead atoms. The van der Waals surface area contributed by atoms with Crippen LogP contribution in [0.15, 0.2) is 18.3 Å². The van der Waals surface area contributed by atoms with Gasteiger partial charge in [0, 0.05) is 37.0 Å². The number of hydrogen-bond donors (Lipinski definition) is 0. The Hall–Kier alpha value is -0.930. The molecular weight excluding hydrogens is 272 g/mol. The van der Waals surface area contributed by atoms with E-state index in [1.165, 1.54) is 50.8 Å². The summed E-state index contributed by atoms with van der Waals surface area (Å²) < 4.78 is 5.85. The lowest BCUT2D eigenvalue weighted by molar-refractivity contribution is 0.0466. The highest BCUT2D eigenvalue weighted by molar-refractivity contribution is 5.13. The molecule has 0 amide bonds. The summed E-state index contributed by atoms with van der Waals surface area (Å²) in [5.41, 5.74) is 2.83. The number of rotatable bonds is 8. The van der Waals surface area contributed by atoms with Crippen molar-refractivity contribution in [2.75, 3.05) is 26.3 Å². The second-order valence-corrected chi connectivity index (χ2v) is 7.39. The van der Waals surface area contributed by atoms with Gasteiger partial charge in [0.05, 0.1) is 6.61 Å². The molecule has 1 aromatic rings. The van der Waals surface area contributed by atoms with E-state index >= 15 is 0 Å². The molecule has 1 unspecified atom stereocenters. The average molecular weight is 302 g/mol. The van der Waals surface area contributed by atoms with E-state index in [1.54, 1.807) is 0 Å². The van der Waals surface area contributed by atoms with Gasteiger partial charge in [0.2, 0.25) is 0 Å². The van der Waals surface area contributed by atoms with Crippen LogP contribution in [0.3, 0.4) is 0 Å². The normalized spacial score (nSPS) is 25.7. The van der Waals surface area contributed by atoms with Crippen LogP contribution >= 0.6 is 0 Å². The van der Waals surface area contributed by atoms with Gasteiger partial charge in [-0.15, -0.1) is 0 Å². The topological polar surface area (TPSA) is 25.4 Å². The quantitative estimate of drug-likeness (QED) is 0.730. The van der Waals surface area contributed by atoms with Gasteiger partial charge in [0.25, 0.3) is 0 Å². The molecule has 1 aromatic heterocycles. The van der Waals surface area contributed by atoms with E-state index in [0.29, 0.717) is 5.41 Å². The highest BCUT2D eigenvalue weighted by Crippen LogP contribution is 2.42. The van der Waals surface area contributed by atoms with Crippen LogP contribution < -0.4 is 0 Å². The lowest BCUT2D eigenvalue weighted by Gasteiger charge is -2.29. The maximum atomic E-state index is 5.85. The maximum absolute atomic E-state index is 5.85. The molecule has 1 saturated carbocycles. The van der Waals surface area contributed by atoms with Crippen LogP contribution in [-0.2, 0) is 11.3 Å². The molecule has 22 heavy (non-hydrogen) atoms. The molecule has 3 nitrogen and oxygen atoms in total. The summed E-state index contributed by atoms with van der Waals surface area (Å²) in [4.78, 5) is 7.02. The Kier molecular flexibility index (Phi) is 5.14. The molecular formula is C19H30N2O. The monoisotopic (exact) mass is 302 g/mol. The Morgan fingerprint density at radius 1 is 1.36 bits per heavy atom. The van der Waals surface area contributed by atoms with E-state index in [4.69, 9.17) is 4.74 Å². The van der Waals surface area contributed by atoms with E-state index in [0.717, 1.165) is 31.4 Å². The lowest BCUT2D eigenvalue weighted by atomic mass is 9.82. The molecule has 3 heteroatoms. The number of nitrogens with zero attached hydrogens (tertiary/aromatic N) is 2. The van der Waals surface area contributed by atoms with Crippen LogP contribution in [0.25, 0.3) is 0 Å². The van der Waals surface area contributed by atoms with Gasteiger partial charge in [-0.05, 0) is 57.2 Å². The molecule has 1 atom stereocenters. The largest absolute Gasteiger partial charge is 0.381 e. The number of hydrogen-bond acceptors (Lipinski definition) is 3. The fourth-order valence-corrected chi connectivity index (χ4v) is 3.64. The van der Waals surface area contributed by atoms with Gasteiger partial charge in [-0.25, -0.2) is 0 Å². The molecule has 0 spiro atoms. The van der Waals surface area contributed by atoms with Crippen molar-refractivity contribution < 1.29 is 4.74 Å². The van der Waals surface area contributed by atoms with Crippen molar-refractivity contribution in [3.05, 3.63) is 29.6 Å². The van der Waals surface area contributed by atoms with Gasteiger partial charge >= 0.3 is 0 Å². The van der Waals surface area contributed by atoms with Crippen LogP contribution in [0.1, 0.15) is 50.3 Å². The molecule has 0 radical (unpaired) electrons. The van der Waals surface area contributed by atoms with E-state index in [-0.39, 0.29) is 0 Å². The first-order valence-electron chi connectivity index (χ1n) is 8.91. The van der Waals surface area contributed by atoms with E-state index in [1.807, 2.05) is 13.1 Å². The molecule has 2 aliphatic rings. The summed E-state index contributed by atoms with van der Waals surface area (Å²) in [5.74, 6) is 1.02. The second kappa shape index (κ2) is 7.10. The summed E-state index contributed by atoms with van der Waals surface area (Å²) in [6.45, 7) is 9.36. The zero-order chi connectivity index (χ0) is 15.4. The highest BCUT2D eigenvalue weighted by atomic mass is 16.5. The average Bonchev–Trinajstić information content (AvgIpc) is 3.28. The summed E-state index contributed by atoms with van der Waals surface area (Å²) in [6, 6.07) is 4.33. The van der Waals surface area contributed by atoms with Crippen LogP contribution in [0.2, 0.25) is 0 Å². The number of aromatic nitrogens is 1. The number of aryl methyl sites for hydroxylation is 1. The SMILES string of the molecule is CCOCC1(CCC2CC2)CCN(Cc2ccc(C)nc2)C1. The van der Waals surface area contributed by atoms with Crippen LogP contribution in [0, 0.1) is 18.3 Å². The Bertz CT molecular complexity index is 469. The molecule has 1 aliphatic carbocycles. The standard InChI is InChI=1S/C19H30N2O/c1-3-22-15-19(9-8-17-6-7-17)10-11-21(14-19)13-18-5-4-16(2)20-12-18/h4-5,12,17H,3,6-11,13-15H2,1-2H3. The van der Waals surface area contributed by atoms with Gasteiger partial charge in [0.15, 0.2) is 0 Å². The Balaban J connectivity index is 1.56. The Morgan fingerprint density at radius 2 is 2.23 bits per heavy atom. The van der Waals surface area contributed by atoms with Crippen LogP contribution in [0.5, 0.6) is 0 Å². The zero-order valence-electron chi connectivity index (χ0n) is 14.2. The summed E-state index contributed by atoms with van der Waals surface area (Å²) >= 11 is 0. The summed E-state index contributed by atoms with van der Waals surface area (Å²) in [5, 5.41) is 0. The van der Waals surface area contributed by atoms with Crippen LogP contribution in [0.4, 0.5) is 0 Å². The van der Waals surface area contributed by atoms with E-state index in [9.17, 15) is 0 Å². The fraction of sp³-hybridized carbons (Fsp3) is 0.737. The minimum Gasteiger partial charge on any atom is -0.381 e. The van der Waals surface area contributed by atoms with Crippen molar-refractivity contribution >= 4 is 0 Å². The predicted molar refractivity (Wildman–Crippen MR) is 89.8 cm³/mol. The smallest absolute Gasteiger partial charge is 0.0535 e. The van der Waals surface area contributed by atoms with Crippen molar-refractivity contribution in [3.63, 3.8) is 0 Å². The van der Waals surface area contributed by atoms with Crippen molar-refractivity contribution in [2.45, 2.75) is 52.5 Å². The van der Waals surface area contributed by atoms with Gasteiger partial charge in [-0.1, -0.05) is 18.9 Å². The van der Waals surface area contributed by atoms with Crippen molar-refractivity contribution in [1.82, 2.24) is 9.88 Å². The van der Waals surface area contributed by atoms with Crippen molar-refractivity contribution in [1.29, 1.82) is 0 Å². The fourth-order valence-electron chi connectivity index (χ4n) is 3.64. The molecule has 2 fully saturated rings.